The van der Waals surface area contributed by atoms with Crippen molar-refractivity contribution < 1.29 is 18.0 Å². The third-order valence-corrected chi connectivity index (χ3v) is 5.63. The normalized spacial score (nSPS) is 11.0. The first-order valence-corrected chi connectivity index (χ1v) is 10.4. The van der Waals surface area contributed by atoms with Crippen LogP contribution in [0.3, 0.4) is 0 Å². The summed E-state index contributed by atoms with van der Waals surface area (Å²) in [6, 6.07) is 12.0. The quantitative estimate of drug-likeness (QED) is 0.676. The van der Waals surface area contributed by atoms with Gasteiger partial charge in [0.15, 0.2) is 0 Å². The van der Waals surface area contributed by atoms with Gasteiger partial charge in [0.05, 0.1) is 4.90 Å². The van der Waals surface area contributed by atoms with Crippen molar-refractivity contribution in [2.24, 2.45) is 0 Å². The van der Waals surface area contributed by atoms with E-state index in [2.05, 4.69) is 16.0 Å². The van der Waals surface area contributed by atoms with Gasteiger partial charge in [-0.1, -0.05) is 12.0 Å². The van der Waals surface area contributed by atoms with E-state index >= 15 is 0 Å². The maximum absolute atomic E-state index is 13.1. The summed E-state index contributed by atoms with van der Waals surface area (Å²) >= 11 is 0. The van der Waals surface area contributed by atoms with Gasteiger partial charge in [0.2, 0.25) is 15.9 Å². The molecule has 0 fully saturated rings. The van der Waals surface area contributed by atoms with Gasteiger partial charge in [-0.2, -0.15) is 0 Å². The van der Waals surface area contributed by atoms with E-state index in [0.717, 1.165) is 0 Å². The molecule has 0 radical (unpaired) electrons. The predicted molar refractivity (Wildman–Crippen MR) is 112 cm³/mol. The van der Waals surface area contributed by atoms with E-state index in [0.29, 0.717) is 11.3 Å². The summed E-state index contributed by atoms with van der Waals surface area (Å²) in [7, 11) is -2.19. The number of anilines is 1. The summed E-state index contributed by atoms with van der Waals surface area (Å²) in [6.07, 6.45) is 5.43. The second-order valence-electron chi connectivity index (χ2n) is 6.56. The van der Waals surface area contributed by atoms with Gasteiger partial charge in [0.25, 0.3) is 5.91 Å². The Kier molecular flexibility index (Phi) is 7.15. The molecule has 2 N–H and O–H groups in total. The van der Waals surface area contributed by atoms with Gasteiger partial charge in [0.1, 0.15) is 6.54 Å². The number of sulfonamides is 1. The van der Waals surface area contributed by atoms with E-state index in [1.54, 1.807) is 38.1 Å². The highest BCUT2D eigenvalue weighted by Crippen LogP contribution is 2.20. The first-order valence-electron chi connectivity index (χ1n) is 8.89. The Hall–Kier alpha value is -3.15. The van der Waals surface area contributed by atoms with Crippen LogP contribution in [0, 0.1) is 12.3 Å². The third-order valence-electron chi connectivity index (χ3n) is 3.95. The molecule has 29 heavy (non-hydrogen) atoms. The fourth-order valence-corrected chi connectivity index (χ4v) is 3.83. The predicted octanol–water partition coefficient (Wildman–Crippen LogP) is 1.75. The number of carbonyl (C=O) groups excluding carboxylic acids is 2. The number of likely N-dealkylation sites (N-methyl/N-ethyl adjacent to an activating group) is 1. The lowest BCUT2D eigenvalue weighted by atomic mass is 10.1. The fourth-order valence-electron chi connectivity index (χ4n) is 2.58. The highest BCUT2D eigenvalue weighted by molar-refractivity contribution is 7.89. The van der Waals surface area contributed by atoms with Crippen LogP contribution < -0.4 is 14.9 Å². The van der Waals surface area contributed by atoms with Gasteiger partial charge < -0.3 is 5.32 Å². The van der Waals surface area contributed by atoms with Crippen molar-refractivity contribution in [2.45, 2.75) is 24.8 Å². The zero-order valence-electron chi connectivity index (χ0n) is 16.5. The Morgan fingerprint density at radius 1 is 1.14 bits per heavy atom. The zero-order valence-corrected chi connectivity index (χ0v) is 17.3. The van der Waals surface area contributed by atoms with E-state index in [1.807, 2.05) is 0 Å². The van der Waals surface area contributed by atoms with Crippen LogP contribution in [0.5, 0.6) is 0 Å². The van der Waals surface area contributed by atoms with Gasteiger partial charge in [-0.25, -0.2) is 13.1 Å². The van der Waals surface area contributed by atoms with Crippen LogP contribution >= 0.6 is 0 Å². The Morgan fingerprint density at radius 2 is 1.79 bits per heavy atom. The van der Waals surface area contributed by atoms with Crippen molar-refractivity contribution in [1.82, 2.24) is 10.0 Å². The lowest BCUT2D eigenvalue weighted by molar-refractivity contribution is -0.119. The number of nitrogens with one attached hydrogen (secondary N) is 2. The number of carbonyl (C=O) groups is 2. The van der Waals surface area contributed by atoms with Crippen molar-refractivity contribution >= 4 is 27.5 Å². The van der Waals surface area contributed by atoms with Crippen LogP contribution in [0.15, 0.2) is 53.4 Å². The molecule has 7 nitrogen and oxygen atoms in total. The van der Waals surface area contributed by atoms with Crippen molar-refractivity contribution in [3.8, 4) is 12.3 Å². The van der Waals surface area contributed by atoms with Crippen molar-refractivity contribution in [2.75, 3.05) is 18.5 Å². The Balaban J connectivity index is 2.38. The highest BCUT2D eigenvalue weighted by Gasteiger charge is 2.22. The second kappa shape index (κ2) is 9.37. The molecule has 152 valence electrons. The Bertz CT molecular complexity index is 1040. The van der Waals surface area contributed by atoms with Crippen LogP contribution in [0.1, 0.15) is 29.8 Å². The van der Waals surface area contributed by atoms with Crippen LogP contribution in [0.4, 0.5) is 5.69 Å². The maximum atomic E-state index is 13.1. The fraction of sp³-hybridized carbons (Fsp3) is 0.238. The van der Waals surface area contributed by atoms with Crippen LogP contribution in [0.25, 0.3) is 0 Å². The third kappa shape index (κ3) is 5.67. The van der Waals surface area contributed by atoms with Crippen LogP contribution in [-0.2, 0) is 14.8 Å². The van der Waals surface area contributed by atoms with Gasteiger partial charge in [-0.05, 0) is 56.3 Å². The standard InChI is InChI=1S/C21H23N3O4S/c1-5-16-7-6-8-18(13-16)24(14-20(25)22-4)21(26)17-9-11-19(12-10-17)29(27,28)23-15(2)3/h1,6-13,15,23H,14H2,2-4H3,(H,22,25). The molecule has 0 unspecified atom stereocenters. The zero-order chi connectivity index (χ0) is 21.6. The first-order chi connectivity index (χ1) is 13.7. The maximum Gasteiger partial charge on any atom is 0.258 e. The van der Waals surface area contributed by atoms with Gasteiger partial charge >= 0.3 is 0 Å². The monoisotopic (exact) mass is 413 g/mol. The van der Waals surface area contributed by atoms with E-state index in [4.69, 9.17) is 6.42 Å². The largest absolute Gasteiger partial charge is 0.358 e. The van der Waals surface area contributed by atoms with E-state index in [1.165, 1.54) is 36.2 Å². The number of hydrogen-bond acceptors (Lipinski definition) is 4. The molecule has 0 atom stereocenters. The number of terminal acetylenes is 1. The van der Waals surface area contributed by atoms with Crippen molar-refractivity contribution in [3.05, 3.63) is 59.7 Å². The summed E-state index contributed by atoms with van der Waals surface area (Å²) in [5.41, 5.74) is 1.27. The molecule has 0 aliphatic heterocycles. The molecule has 8 heteroatoms. The Morgan fingerprint density at radius 3 is 2.34 bits per heavy atom. The molecule has 2 amide bonds. The van der Waals surface area contributed by atoms with Gasteiger partial charge in [0, 0.05) is 29.9 Å². The number of amides is 2. The molecule has 0 aliphatic carbocycles. The Labute approximate surface area is 171 Å². The van der Waals surface area contributed by atoms with Crippen molar-refractivity contribution in [3.63, 3.8) is 0 Å². The lowest BCUT2D eigenvalue weighted by Crippen LogP contribution is -2.39. The number of hydrogen-bond donors (Lipinski definition) is 2. The minimum Gasteiger partial charge on any atom is -0.358 e. The average molecular weight is 413 g/mol. The lowest BCUT2D eigenvalue weighted by Gasteiger charge is -2.22. The topological polar surface area (TPSA) is 95.6 Å². The van der Waals surface area contributed by atoms with Crippen molar-refractivity contribution in [1.29, 1.82) is 0 Å². The molecule has 0 aromatic heterocycles. The number of benzene rings is 2. The molecule has 2 aromatic rings. The molecule has 0 spiro atoms. The van der Waals surface area contributed by atoms with E-state index in [9.17, 15) is 18.0 Å². The van der Waals surface area contributed by atoms with E-state index in [-0.39, 0.29) is 29.0 Å². The van der Waals surface area contributed by atoms with Crippen LogP contribution in [-0.4, -0.2) is 39.9 Å². The summed E-state index contributed by atoms with van der Waals surface area (Å²) in [5, 5.41) is 2.49. The minimum atomic E-state index is -3.67. The second-order valence-corrected chi connectivity index (χ2v) is 8.27. The number of rotatable bonds is 7. The summed E-state index contributed by atoms with van der Waals surface area (Å²) in [6.45, 7) is 3.23. The molecular formula is C21H23N3O4S. The summed E-state index contributed by atoms with van der Waals surface area (Å²) < 4.78 is 27.0. The average Bonchev–Trinajstić information content (AvgIpc) is 2.70. The molecule has 0 aliphatic rings. The molecule has 0 saturated heterocycles. The van der Waals surface area contributed by atoms with Gasteiger partial charge in [-0.15, -0.1) is 6.42 Å². The molecule has 2 aromatic carbocycles. The molecule has 0 heterocycles. The molecule has 0 bridgehead atoms. The molecule has 2 rings (SSSR count). The molecule has 0 saturated carbocycles. The number of nitrogens with zero attached hydrogens (tertiary/aromatic N) is 1. The van der Waals surface area contributed by atoms with Crippen LogP contribution in [0.2, 0.25) is 0 Å². The van der Waals surface area contributed by atoms with E-state index < -0.39 is 15.9 Å². The van der Waals surface area contributed by atoms with Gasteiger partial charge in [-0.3, -0.25) is 14.5 Å². The molecular weight excluding hydrogens is 390 g/mol. The minimum absolute atomic E-state index is 0.0509. The summed E-state index contributed by atoms with van der Waals surface area (Å²) in [4.78, 5) is 26.3. The smallest absolute Gasteiger partial charge is 0.258 e. The highest BCUT2D eigenvalue weighted by atomic mass is 32.2. The summed E-state index contributed by atoms with van der Waals surface area (Å²) in [5.74, 6) is 1.68. The SMILES string of the molecule is C#Cc1cccc(N(CC(=O)NC)C(=O)c2ccc(S(=O)(=O)NC(C)C)cc2)c1. The first kappa shape index (κ1) is 22.1.